The molecule has 0 saturated heterocycles. The van der Waals surface area contributed by atoms with Crippen LogP contribution in [0.2, 0.25) is 0 Å². The largest absolute Gasteiger partial charge is 0.480 e. The molecular formula is C11H9BrN2O. The van der Waals surface area contributed by atoms with E-state index in [1.54, 1.807) is 13.3 Å². The number of aromatic nitrogens is 2. The third-order valence-corrected chi connectivity index (χ3v) is 2.49. The van der Waals surface area contributed by atoms with E-state index in [0.29, 0.717) is 5.88 Å². The van der Waals surface area contributed by atoms with E-state index in [1.165, 1.54) is 0 Å². The first kappa shape index (κ1) is 10.1. The molecule has 0 bridgehead atoms. The average molecular weight is 265 g/mol. The van der Waals surface area contributed by atoms with Crippen molar-refractivity contribution >= 4 is 15.9 Å². The fourth-order valence-corrected chi connectivity index (χ4v) is 1.67. The first-order valence-electron chi connectivity index (χ1n) is 4.42. The minimum Gasteiger partial charge on any atom is -0.480 e. The second-order valence-corrected chi connectivity index (χ2v) is 3.91. The Kier molecular flexibility index (Phi) is 2.97. The molecule has 1 aromatic carbocycles. The van der Waals surface area contributed by atoms with E-state index in [9.17, 15) is 0 Å². The fourth-order valence-electron chi connectivity index (χ4n) is 1.27. The molecule has 0 spiro atoms. The summed E-state index contributed by atoms with van der Waals surface area (Å²) in [5.41, 5.74) is 2.07. The van der Waals surface area contributed by atoms with Gasteiger partial charge >= 0.3 is 0 Å². The quantitative estimate of drug-likeness (QED) is 0.837. The Morgan fingerprint density at radius 2 is 2.07 bits per heavy atom. The monoisotopic (exact) mass is 264 g/mol. The topological polar surface area (TPSA) is 35.0 Å². The van der Waals surface area contributed by atoms with Crippen LogP contribution < -0.4 is 4.74 Å². The lowest BCUT2D eigenvalue weighted by atomic mass is 10.1. The summed E-state index contributed by atoms with van der Waals surface area (Å²) in [7, 11) is 1.58. The second kappa shape index (κ2) is 4.40. The molecular weight excluding hydrogens is 256 g/mol. The van der Waals surface area contributed by atoms with Crippen LogP contribution in [0.25, 0.3) is 11.1 Å². The van der Waals surface area contributed by atoms with Gasteiger partial charge in [-0.1, -0.05) is 28.1 Å². The molecule has 1 aromatic heterocycles. The van der Waals surface area contributed by atoms with Gasteiger partial charge in [-0.3, -0.25) is 0 Å². The maximum Gasteiger partial charge on any atom is 0.233 e. The first-order valence-corrected chi connectivity index (χ1v) is 5.21. The Balaban J connectivity index is 2.44. The molecule has 2 aromatic rings. The van der Waals surface area contributed by atoms with Gasteiger partial charge in [0.2, 0.25) is 5.88 Å². The standard InChI is InChI=1S/C11H9BrN2O/c1-15-11-6-9(7-13-14-11)8-3-2-4-10(12)5-8/h2-7H,1H3. The van der Waals surface area contributed by atoms with Crippen LogP contribution in [0.15, 0.2) is 41.0 Å². The van der Waals surface area contributed by atoms with E-state index < -0.39 is 0 Å². The zero-order chi connectivity index (χ0) is 10.7. The molecule has 0 amide bonds. The van der Waals surface area contributed by atoms with Gasteiger partial charge in [-0.05, 0) is 17.7 Å². The molecule has 0 aliphatic rings. The Hall–Kier alpha value is -1.42. The van der Waals surface area contributed by atoms with Gasteiger partial charge in [0.1, 0.15) is 0 Å². The highest BCUT2D eigenvalue weighted by Gasteiger charge is 2.01. The third-order valence-electron chi connectivity index (χ3n) is 2.00. The first-order chi connectivity index (χ1) is 7.29. The lowest BCUT2D eigenvalue weighted by molar-refractivity contribution is 0.392. The van der Waals surface area contributed by atoms with Crippen LogP contribution in [-0.4, -0.2) is 17.3 Å². The fraction of sp³-hybridized carbons (Fsp3) is 0.0909. The SMILES string of the molecule is COc1cc(-c2cccc(Br)c2)cnn1. The normalized spacial score (nSPS) is 10.0. The Morgan fingerprint density at radius 3 is 2.80 bits per heavy atom. The molecule has 15 heavy (non-hydrogen) atoms. The lowest BCUT2D eigenvalue weighted by Gasteiger charge is -2.03. The van der Waals surface area contributed by atoms with Crippen LogP contribution in [0.1, 0.15) is 0 Å². The average Bonchev–Trinajstić information content (AvgIpc) is 2.29. The lowest BCUT2D eigenvalue weighted by Crippen LogP contribution is -1.90. The number of halogens is 1. The van der Waals surface area contributed by atoms with E-state index in [2.05, 4.69) is 26.1 Å². The molecule has 3 nitrogen and oxygen atoms in total. The molecule has 0 radical (unpaired) electrons. The zero-order valence-electron chi connectivity index (χ0n) is 8.14. The zero-order valence-corrected chi connectivity index (χ0v) is 9.73. The molecule has 0 atom stereocenters. The Bertz CT molecular complexity index is 474. The van der Waals surface area contributed by atoms with Gasteiger partial charge in [0.05, 0.1) is 13.3 Å². The number of rotatable bonds is 2. The van der Waals surface area contributed by atoms with E-state index in [0.717, 1.165) is 15.6 Å². The minimum absolute atomic E-state index is 0.521. The maximum atomic E-state index is 5.02. The van der Waals surface area contributed by atoms with Gasteiger partial charge < -0.3 is 4.74 Å². The van der Waals surface area contributed by atoms with Crippen LogP contribution in [-0.2, 0) is 0 Å². The number of methoxy groups -OCH3 is 1. The van der Waals surface area contributed by atoms with Gasteiger partial charge in [-0.25, -0.2) is 0 Å². The number of nitrogens with zero attached hydrogens (tertiary/aromatic N) is 2. The summed E-state index contributed by atoms with van der Waals surface area (Å²) >= 11 is 3.43. The van der Waals surface area contributed by atoms with Crippen LogP contribution in [0, 0.1) is 0 Å². The second-order valence-electron chi connectivity index (χ2n) is 3.00. The highest BCUT2D eigenvalue weighted by Crippen LogP contribution is 2.23. The van der Waals surface area contributed by atoms with E-state index >= 15 is 0 Å². The summed E-state index contributed by atoms with van der Waals surface area (Å²) in [6.07, 6.45) is 1.71. The van der Waals surface area contributed by atoms with E-state index in [4.69, 9.17) is 4.74 Å². The highest BCUT2D eigenvalue weighted by molar-refractivity contribution is 9.10. The summed E-state index contributed by atoms with van der Waals surface area (Å²) in [5, 5.41) is 7.69. The third kappa shape index (κ3) is 2.33. The predicted octanol–water partition coefficient (Wildman–Crippen LogP) is 2.91. The van der Waals surface area contributed by atoms with Crippen molar-refractivity contribution in [1.82, 2.24) is 10.2 Å². The summed E-state index contributed by atoms with van der Waals surface area (Å²) in [6, 6.07) is 9.86. The van der Waals surface area contributed by atoms with Crippen molar-refractivity contribution in [2.24, 2.45) is 0 Å². The Morgan fingerprint density at radius 1 is 1.20 bits per heavy atom. The number of benzene rings is 1. The Labute approximate surface area is 96.2 Å². The molecule has 0 N–H and O–H groups in total. The smallest absolute Gasteiger partial charge is 0.233 e. The van der Waals surface area contributed by atoms with E-state index in [1.807, 2.05) is 30.3 Å². The number of hydrogen-bond donors (Lipinski definition) is 0. The molecule has 0 unspecified atom stereocenters. The summed E-state index contributed by atoms with van der Waals surface area (Å²) < 4.78 is 6.06. The summed E-state index contributed by atoms with van der Waals surface area (Å²) in [4.78, 5) is 0. The van der Waals surface area contributed by atoms with Crippen LogP contribution >= 0.6 is 15.9 Å². The van der Waals surface area contributed by atoms with Crippen molar-refractivity contribution in [2.75, 3.05) is 7.11 Å². The van der Waals surface area contributed by atoms with Crippen LogP contribution in [0.5, 0.6) is 5.88 Å². The molecule has 0 fully saturated rings. The number of hydrogen-bond acceptors (Lipinski definition) is 3. The van der Waals surface area contributed by atoms with Crippen molar-refractivity contribution in [2.45, 2.75) is 0 Å². The van der Waals surface area contributed by atoms with Crippen molar-refractivity contribution in [3.63, 3.8) is 0 Å². The van der Waals surface area contributed by atoms with Gasteiger partial charge in [0.15, 0.2) is 0 Å². The summed E-state index contributed by atoms with van der Waals surface area (Å²) in [6.45, 7) is 0. The van der Waals surface area contributed by atoms with Gasteiger partial charge in [-0.2, -0.15) is 5.10 Å². The summed E-state index contributed by atoms with van der Waals surface area (Å²) in [5.74, 6) is 0.521. The van der Waals surface area contributed by atoms with Crippen LogP contribution in [0.3, 0.4) is 0 Å². The molecule has 1 heterocycles. The predicted molar refractivity (Wildman–Crippen MR) is 61.7 cm³/mol. The van der Waals surface area contributed by atoms with Gasteiger partial charge in [0, 0.05) is 16.1 Å². The molecule has 0 aliphatic heterocycles. The molecule has 2 rings (SSSR count). The van der Waals surface area contributed by atoms with Gasteiger partial charge in [-0.15, -0.1) is 5.10 Å². The minimum atomic E-state index is 0.521. The van der Waals surface area contributed by atoms with E-state index in [-0.39, 0.29) is 0 Å². The molecule has 0 aliphatic carbocycles. The van der Waals surface area contributed by atoms with Crippen molar-refractivity contribution in [3.05, 3.63) is 41.0 Å². The van der Waals surface area contributed by atoms with Crippen molar-refractivity contribution < 1.29 is 4.74 Å². The molecule has 0 saturated carbocycles. The molecule has 4 heteroatoms. The molecule has 76 valence electrons. The highest BCUT2D eigenvalue weighted by atomic mass is 79.9. The van der Waals surface area contributed by atoms with Crippen molar-refractivity contribution in [3.8, 4) is 17.0 Å². The van der Waals surface area contributed by atoms with Gasteiger partial charge in [0.25, 0.3) is 0 Å². The number of ether oxygens (including phenoxy) is 1. The maximum absolute atomic E-state index is 5.02. The van der Waals surface area contributed by atoms with Crippen LogP contribution in [0.4, 0.5) is 0 Å². The van der Waals surface area contributed by atoms with Crippen molar-refractivity contribution in [1.29, 1.82) is 0 Å².